The van der Waals surface area contributed by atoms with Crippen LogP contribution in [0, 0.1) is 0 Å². The molecule has 1 atom stereocenters. The summed E-state index contributed by atoms with van der Waals surface area (Å²) in [4.78, 5) is 9.14. The molecule has 4 heteroatoms. The molecule has 1 heterocycles. The van der Waals surface area contributed by atoms with Gasteiger partial charge in [0.25, 0.3) is 0 Å². The summed E-state index contributed by atoms with van der Waals surface area (Å²) in [6, 6.07) is 7.46. The summed E-state index contributed by atoms with van der Waals surface area (Å²) in [6.07, 6.45) is 27.0. The Labute approximate surface area is 227 Å². The zero-order valence-corrected chi connectivity index (χ0v) is 24.1. The summed E-state index contributed by atoms with van der Waals surface area (Å²) in [5.74, 6) is -0.392. The third kappa shape index (κ3) is 14.5. The highest BCUT2D eigenvalue weighted by Crippen LogP contribution is 2.27. The molecule has 0 amide bonds. The molecule has 37 heavy (non-hydrogen) atoms. The standard InChI is InChI=1S/C33H53FN2O/c1-4-6-8-10-12-13-14-15-17-19-21-29-27-35-32(36-28-29)30-22-24-31(25-23-30)37-33(3,34)26-20-18-16-11-9-7-5-2/h22-25,27-28H,4-21,26H2,1-3H3. The number of halogens is 1. The molecule has 0 fully saturated rings. The lowest BCUT2D eigenvalue weighted by Crippen LogP contribution is -2.26. The first kappa shape index (κ1) is 31.2. The van der Waals surface area contributed by atoms with Crippen molar-refractivity contribution in [3.63, 3.8) is 0 Å². The molecular formula is C33H53FN2O. The fourth-order valence-electron chi connectivity index (χ4n) is 4.82. The highest BCUT2D eigenvalue weighted by Gasteiger charge is 2.24. The van der Waals surface area contributed by atoms with Crippen LogP contribution in [0.1, 0.15) is 142 Å². The monoisotopic (exact) mass is 512 g/mol. The predicted molar refractivity (Wildman–Crippen MR) is 156 cm³/mol. The number of aryl methyl sites for hydroxylation is 1. The van der Waals surface area contributed by atoms with E-state index in [0.29, 0.717) is 18.0 Å². The van der Waals surface area contributed by atoms with E-state index < -0.39 is 5.85 Å². The third-order valence-electron chi connectivity index (χ3n) is 7.19. The van der Waals surface area contributed by atoms with E-state index in [9.17, 15) is 4.39 Å². The minimum absolute atomic E-state index is 0.423. The minimum Gasteiger partial charge on any atom is -0.458 e. The Morgan fingerprint density at radius 3 is 1.62 bits per heavy atom. The molecule has 0 saturated heterocycles. The van der Waals surface area contributed by atoms with Gasteiger partial charge < -0.3 is 4.74 Å². The van der Waals surface area contributed by atoms with Crippen molar-refractivity contribution in [3.05, 3.63) is 42.2 Å². The summed E-state index contributed by atoms with van der Waals surface area (Å²) >= 11 is 0. The van der Waals surface area contributed by atoms with Crippen molar-refractivity contribution in [2.24, 2.45) is 0 Å². The largest absolute Gasteiger partial charge is 0.458 e. The zero-order valence-electron chi connectivity index (χ0n) is 24.1. The third-order valence-corrected chi connectivity index (χ3v) is 7.19. The average molecular weight is 513 g/mol. The molecule has 0 spiro atoms. The van der Waals surface area contributed by atoms with Crippen molar-refractivity contribution >= 4 is 0 Å². The molecule has 2 rings (SSSR count). The van der Waals surface area contributed by atoms with E-state index in [2.05, 4.69) is 23.8 Å². The van der Waals surface area contributed by atoms with Gasteiger partial charge in [0.05, 0.1) is 0 Å². The Kier molecular flexibility index (Phi) is 16.2. The second kappa shape index (κ2) is 19.2. The maximum atomic E-state index is 14.9. The van der Waals surface area contributed by atoms with E-state index >= 15 is 0 Å². The molecule has 1 aromatic heterocycles. The lowest BCUT2D eigenvalue weighted by Gasteiger charge is -2.22. The Hall–Kier alpha value is -1.97. The maximum absolute atomic E-state index is 14.9. The highest BCUT2D eigenvalue weighted by atomic mass is 19.2. The summed E-state index contributed by atoms with van der Waals surface area (Å²) < 4.78 is 20.5. The van der Waals surface area contributed by atoms with Crippen LogP contribution in [0.3, 0.4) is 0 Å². The molecule has 0 aliphatic rings. The number of unbranched alkanes of at least 4 members (excludes halogenated alkanes) is 15. The van der Waals surface area contributed by atoms with Crippen LogP contribution in [-0.4, -0.2) is 15.8 Å². The number of hydrogen-bond donors (Lipinski definition) is 0. The molecule has 0 aliphatic carbocycles. The van der Waals surface area contributed by atoms with Crippen LogP contribution in [0.2, 0.25) is 0 Å². The van der Waals surface area contributed by atoms with Gasteiger partial charge in [-0.3, -0.25) is 0 Å². The molecule has 0 N–H and O–H groups in total. The first-order valence-electron chi connectivity index (χ1n) is 15.3. The van der Waals surface area contributed by atoms with Crippen LogP contribution < -0.4 is 4.74 Å². The van der Waals surface area contributed by atoms with Crippen molar-refractivity contribution in [1.82, 2.24) is 9.97 Å². The number of aromatic nitrogens is 2. The molecule has 2 aromatic rings. The molecule has 1 aromatic carbocycles. The number of ether oxygens (including phenoxy) is 1. The normalized spacial score (nSPS) is 13.0. The van der Waals surface area contributed by atoms with E-state index in [1.54, 1.807) is 0 Å². The summed E-state index contributed by atoms with van der Waals surface area (Å²) in [6.45, 7) is 6.03. The fraction of sp³-hybridized carbons (Fsp3) is 0.697. The van der Waals surface area contributed by atoms with Crippen molar-refractivity contribution in [2.75, 3.05) is 0 Å². The van der Waals surface area contributed by atoms with Crippen molar-refractivity contribution in [3.8, 4) is 17.1 Å². The Balaban J connectivity index is 1.64. The first-order valence-corrected chi connectivity index (χ1v) is 15.3. The first-order chi connectivity index (χ1) is 18.0. The summed E-state index contributed by atoms with van der Waals surface area (Å²) in [7, 11) is 0. The molecular weight excluding hydrogens is 459 g/mol. The topological polar surface area (TPSA) is 35.0 Å². The van der Waals surface area contributed by atoms with E-state index in [0.717, 1.165) is 24.8 Å². The van der Waals surface area contributed by atoms with Crippen LogP contribution >= 0.6 is 0 Å². The van der Waals surface area contributed by atoms with E-state index in [-0.39, 0.29) is 0 Å². The second-order valence-corrected chi connectivity index (χ2v) is 10.9. The van der Waals surface area contributed by atoms with E-state index in [4.69, 9.17) is 4.74 Å². The Bertz CT molecular complexity index is 804. The van der Waals surface area contributed by atoms with Gasteiger partial charge in [0, 0.05) is 31.3 Å². The molecule has 1 unspecified atom stereocenters. The highest BCUT2D eigenvalue weighted by molar-refractivity contribution is 5.55. The van der Waals surface area contributed by atoms with E-state index in [1.165, 1.54) is 109 Å². The summed E-state index contributed by atoms with van der Waals surface area (Å²) in [5.41, 5.74) is 2.12. The lowest BCUT2D eigenvalue weighted by molar-refractivity contribution is -0.0530. The fourth-order valence-corrected chi connectivity index (χ4v) is 4.82. The van der Waals surface area contributed by atoms with Crippen LogP contribution in [0.15, 0.2) is 36.7 Å². The van der Waals surface area contributed by atoms with E-state index in [1.807, 2.05) is 36.7 Å². The van der Waals surface area contributed by atoms with Gasteiger partial charge in [-0.05, 0) is 49.1 Å². The number of hydrogen-bond acceptors (Lipinski definition) is 3. The van der Waals surface area contributed by atoms with Gasteiger partial charge in [0.15, 0.2) is 5.82 Å². The number of nitrogens with zero attached hydrogens (tertiary/aromatic N) is 2. The molecule has 0 radical (unpaired) electrons. The number of alkyl halides is 1. The number of rotatable bonds is 22. The van der Waals surface area contributed by atoms with Crippen LogP contribution in [0.5, 0.6) is 5.75 Å². The van der Waals surface area contributed by atoms with Gasteiger partial charge in [0.1, 0.15) is 5.75 Å². The lowest BCUT2D eigenvalue weighted by atomic mass is 10.0. The molecule has 208 valence electrons. The average Bonchev–Trinajstić information content (AvgIpc) is 2.90. The van der Waals surface area contributed by atoms with Gasteiger partial charge >= 0.3 is 0 Å². The minimum atomic E-state index is -1.64. The van der Waals surface area contributed by atoms with Crippen molar-refractivity contribution in [1.29, 1.82) is 0 Å². The number of benzene rings is 1. The van der Waals surface area contributed by atoms with Gasteiger partial charge in [-0.1, -0.05) is 110 Å². The van der Waals surface area contributed by atoms with Gasteiger partial charge in [-0.2, -0.15) is 4.39 Å². The molecule has 0 saturated carbocycles. The molecule has 0 bridgehead atoms. The van der Waals surface area contributed by atoms with Crippen molar-refractivity contribution in [2.45, 2.75) is 149 Å². The maximum Gasteiger partial charge on any atom is 0.245 e. The second-order valence-electron chi connectivity index (χ2n) is 10.9. The summed E-state index contributed by atoms with van der Waals surface area (Å²) in [5, 5.41) is 0. The zero-order chi connectivity index (χ0) is 26.6. The Morgan fingerprint density at radius 1 is 0.649 bits per heavy atom. The van der Waals surface area contributed by atoms with Gasteiger partial charge in [-0.25, -0.2) is 9.97 Å². The van der Waals surface area contributed by atoms with Crippen LogP contribution in [0.4, 0.5) is 4.39 Å². The molecule has 0 aliphatic heterocycles. The molecule has 3 nitrogen and oxygen atoms in total. The van der Waals surface area contributed by atoms with Crippen molar-refractivity contribution < 1.29 is 9.13 Å². The van der Waals surface area contributed by atoms with Gasteiger partial charge in [0.2, 0.25) is 5.85 Å². The van der Waals surface area contributed by atoms with Crippen LogP contribution in [-0.2, 0) is 6.42 Å². The van der Waals surface area contributed by atoms with Gasteiger partial charge in [-0.15, -0.1) is 0 Å². The quantitative estimate of drug-likeness (QED) is 0.147. The SMILES string of the molecule is CCCCCCCCCCCCc1cnc(-c2ccc(OC(C)(F)CCCCCCCCC)cc2)nc1. The smallest absolute Gasteiger partial charge is 0.245 e. The van der Waals surface area contributed by atoms with Crippen LogP contribution in [0.25, 0.3) is 11.4 Å². The Morgan fingerprint density at radius 2 is 1.11 bits per heavy atom. The predicted octanol–water partition coefficient (Wildman–Crippen LogP) is 10.8.